The quantitative estimate of drug-likeness (QED) is 0.505. The zero-order chi connectivity index (χ0) is 15.4. The van der Waals surface area contributed by atoms with Gasteiger partial charge in [-0.1, -0.05) is 18.6 Å². The van der Waals surface area contributed by atoms with E-state index < -0.39 is 4.92 Å². The Morgan fingerprint density at radius 3 is 2.86 bits per heavy atom. The molecule has 2 unspecified atom stereocenters. The summed E-state index contributed by atoms with van der Waals surface area (Å²) in [5, 5.41) is 14.1. The van der Waals surface area contributed by atoms with Crippen LogP contribution in [0.5, 0.6) is 5.75 Å². The van der Waals surface area contributed by atoms with Crippen LogP contribution in [0.25, 0.3) is 0 Å². The maximum absolute atomic E-state index is 10.8. The van der Waals surface area contributed by atoms with Gasteiger partial charge in [-0.3, -0.25) is 10.1 Å². The molecule has 0 radical (unpaired) electrons. The predicted octanol–water partition coefficient (Wildman–Crippen LogP) is 4.01. The average Bonchev–Trinajstić information content (AvgIpc) is 2.43. The van der Waals surface area contributed by atoms with E-state index in [4.69, 9.17) is 4.74 Å². The van der Waals surface area contributed by atoms with Crippen LogP contribution in [0.2, 0.25) is 0 Å². The highest BCUT2D eigenvalue weighted by Gasteiger charge is 2.19. The van der Waals surface area contributed by atoms with E-state index in [1.54, 1.807) is 6.07 Å². The van der Waals surface area contributed by atoms with Gasteiger partial charge in [-0.2, -0.15) is 0 Å². The molecule has 0 amide bonds. The molecule has 0 saturated carbocycles. The van der Waals surface area contributed by atoms with Gasteiger partial charge in [0.25, 0.3) is 5.69 Å². The molecule has 5 heteroatoms. The summed E-state index contributed by atoms with van der Waals surface area (Å²) in [6.07, 6.45) is 4.61. The highest BCUT2D eigenvalue weighted by molar-refractivity contribution is 5.60. The van der Waals surface area contributed by atoms with Gasteiger partial charge in [-0.05, 0) is 37.7 Å². The van der Waals surface area contributed by atoms with Gasteiger partial charge in [0.1, 0.15) is 5.75 Å². The third kappa shape index (κ3) is 3.97. The van der Waals surface area contributed by atoms with Crippen molar-refractivity contribution in [3.8, 4) is 5.75 Å². The standard InChI is InChI=1S/C16H22N2O3/c1-11-6-12(2)8-13(7-11)10-17-15-5-4-14(18(19)20)9-16(15)21-3/h4-6,9,11,13,17H,7-8,10H2,1-3H3. The number of anilines is 1. The molecule has 0 aromatic heterocycles. The van der Waals surface area contributed by atoms with Crippen LogP contribution in [0.1, 0.15) is 26.7 Å². The summed E-state index contributed by atoms with van der Waals surface area (Å²) in [7, 11) is 1.53. The van der Waals surface area contributed by atoms with Crippen molar-refractivity contribution < 1.29 is 9.66 Å². The number of nitrogens with one attached hydrogen (secondary N) is 1. The van der Waals surface area contributed by atoms with Gasteiger partial charge in [0.2, 0.25) is 0 Å². The second-order valence-corrected chi connectivity index (χ2v) is 5.82. The third-order valence-electron chi connectivity index (χ3n) is 3.86. The predicted molar refractivity (Wildman–Crippen MR) is 83.8 cm³/mol. The summed E-state index contributed by atoms with van der Waals surface area (Å²) in [6, 6.07) is 4.67. The molecule has 0 heterocycles. The number of nitro groups is 1. The van der Waals surface area contributed by atoms with Crippen LogP contribution in [0.15, 0.2) is 29.8 Å². The molecule has 1 aromatic carbocycles. The van der Waals surface area contributed by atoms with Crippen molar-refractivity contribution in [1.29, 1.82) is 0 Å². The van der Waals surface area contributed by atoms with E-state index in [1.807, 2.05) is 0 Å². The number of methoxy groups -OCH3 is 1. The van der Waals surface area contributed by atoms with E-state index in [2.05, 4.69) is 25.2 Å². The zero-order valence-electron chi connectivity index (χ0n) is 12.8. The van der Waals surface area contributed by atoms with Crippen LogP contribution >= 0.6 is 0 Å². The van der Waals surface area contributed by atoms with Crippen LogP contribution in [0.3, 0.4) is 0 Å². The Morgan fingerprint density at radius 2 is 2.24 bits per heavy atom. The maximum Gasteiger partial charge on any atom is 0.273 e. The number of benzene rings is 1. The third-order valence-corrected chi connectivity index (χ3v) is 3.86. The van der Waals surface area contributed by atoms with Gasteiger partial charge >= 0.3 is 0 Å². The van der Waals surface area contributed by atoms with E-state index in [1.165, 1.54) is 31.2 Å². The number of hydrogen-bond acceptors (Lipinski definition) is 4. The molecule has 0 bridgehead atoms. The van der Waals surface area contributed by atoms with E-state index >= 15 is 0 Å². The van der Waals surface area contributed by atoms with Gasteiger partial charge < -0.3 is 10.1 Å². The molecule has 1 aliphatic rings. The number of allylic oxidation sites excluding steroid dienone is 2. The van der Waals surface area contributed by atoms with Crippen LogP contribution in [-0.2, 0) is 0 Å². The Kier molecular flexibility index (Phi) is 4.83. The molecular weight excluding hydrogens is 268 g/mol. The molecule has 5 nitrogen and oxygen atoms in total. The highest BCUT2D eigenvalue weighted by atomic mass is 16.6. The minimum atomic E-state index is -0.413. The number of ether oxygens (including phenoxy) is 1. The average molecular weight is 290 g/mol. The van der Waals surface area contributed by atoms with Crippen molar-refractivity contribution >= 4 is 11.4 Å². The maximum atomic E-state index is 10.8. The van der Waals surface area contributed by atoms with Crippen LogP contribution in [0.4, 0.5) is 11.4 Å². The normalized spacial score (nSPS) is 21.6. The number of rotatable bonds is 5. The molecule has 1 aromatic rings. The Hall–Kier alpha value is -2.04. The highest BCUT2D eigenvalue weighted by Crippen LogP contribution is 2.31. The first-order valence-corrected chi connectivity index (χ1v) is 7.23. The summed E-state index contributed by atoms with van der Waals surface area (Å²) in [5.74, 6) is 1.72. The lowest BCUT2D eigenvalue weighted by molar-refractivity contribution is -0.384. The molecule has 0 saturated heterocycles. The van der Waals surface area contributed by atoms with Gasteiger partial charge in [0.15, 0.2) is 0 Å². The fourth-order valence-corrected chi connectivity index (χ4v) is 3.04. The van der Waals surface area contributed by atoms with Crippen LogP contribution in [0, 0.1) is 22.0 Å². The van der Waals surface area contributed by atoms with Crippen molar-refractivity contribution in [3.05, 3.63) is 40.0 Å². The van der Waals surface area contributed by atoms with E-state index in [-0.39, 0.29) is 5.69 Å². The summed E-state index contributed by atoms with van der Waals surface area (Å²) in [5.41, 5.74) is 2.29. The second kappa shape index (κ2) is 6.61. The van der Waals surface area contributed by atoms with Gasteiger partial charge in [-0.15, -0.1) is 0 Å². The lowest BCUT2D eigenvalue weighted by Gasteiger charge is -2.26. The minimum absolute atomic E-state index is 0.0440. The molecule has 0 aliphatic heterocycles. The molecule has 0 fully saturated rings. The van der Waals surface area contributed by atoms with E-state index in [9.17, 15) is 10.1 Å². The molecule has 0 spiro atoms. The van der Waals surface area contributed by atoms with Crippen molar-refractivity contribution in [2.45, 2.75) is 26.7 Å². The fraction of sp³-hybridized carbons (Fsp3) is 0.500. The van der Waals surface area contributed by atoms with Gasteiger partial charge in [0.05, 0.1) is 23.8 Å². The van der Waals surface area contributed by atoms with Crippen LogP contribution < -0.4 is 10.1 Å². The Balaban J connectivity index is 2.03. The number of non-ortho nitro benzene ring substituents is 1. The second-order valence-electron chi connectivity index (χ2n) is 5.82. The molecule has 1 aliphatic carbocycles. The molecular formula is C16H22N2O3. The minimum Gasteiger partial charge on any atom is -0.494 e. The summed E-state index contributed by atoms with van der Waals surface area (Å²) >= 11 is 0. The summed E-state index contributed by atoms with van der Waals surface area (Å²) < 4.78 is 5.24. The smallest absolute Gasteiger partial charge is 0.273 e. The monoisotopic (exact) mass is 290 g/mol. The summed E-state index contributed by atoms with van der Waals surface area (Å²) in [4.78, 5) is 10.4. The van der Waals surface area contributed by atoms with E-state index in [0.29, 0.717) is 17.6 Å². The largest absolute Gasteiger partial charge is 0.494 e. The van der Waals surface area contributed by atoms with Crippen molar-refractivity contribution in [2.24, 2.45) is 11.8 Å². The van der Waals surface area contributed by atoms with Crippen molar-refractivity contribution in [1.82, 2.24) is 0 Å². The summed E-state index contributed by atoms with van der Waals surface area (Å²) in [6.45, 7) is 5.26. The molecule has 1 N–H and O–H groups in total. The number of nitro benzene ring substituents is 1. The first kappa shape index (κ1) is 15.4. The molecule has 2 rings (SSSR count). The number of hydrogen-bond donors (Lipinski definition) is 1. The topological polar surface area (TPSA) is 64.4 Å². The van der Waals surface area contributed by atoms with E-state index in [0.717, 1.165) is 18.7 Å². The molecule has 21 heavy (non-hydrogen) atoms. The van der Waals surface area contributed by atoms with Gasteiger partial charge in [-0.25, -0.2) is 0 Å². The molecule has 2 atom stereocenters. The Bertz CT molecular complexity index is 554. The van der Waals surface area contributed by atoms with Crippen molar-refractivity contribution in [2.75, 3.05) is 19.0 Å². The Morgan fingerprint density at radius 1 is 1.48 bits per heavy atom. The van der Waals surface area contributed by atoms with Crippen molar-refractivity contribution in [3.63, 3.8) is 0 Å². The lowest BCUT2D eigenvalue weighted by Crippen LogP contribution is -2.20. The molecule has 114 valence electrons. The lowest BCUT2D eigenvalue weighted by atomic mass is 9.84. The zero-order valence-corrected chi connectivity index (χ0v) is 12.8. The number of nitrogens with zero attached hydrogens (tertiary/aromatic N) is 1. The SMILES string of the molecule is COc1cc([N+](=O)[O-])ccc1NCC1CC(C)=CC(C)C1. The fourth-order valence-electron chi connectivity index (χ4n) is 3.04. The van der Waals surface area contributed by atoms with Crippen LogP contribution in [-0.4, -0.2) is 18.6 Å². The van der Waals surface area contributed by atoms with Gasteiger partial charge in [0, 0.05) is 12.6 Å². The Labute approximate surface area is 125 Å². The first-order chi connectivity index (χ1) is 9.99. The first-order valence-electron chi connectivity index (χ1n) is 7.23.